The van der Waals surface area contributed by atoms with Crippen molar-refractivity contribution in [2.75, 3.05) is 38.3 Å². The highest BCUT2D eigenvalue weighted by Gasteiger charge is 2.26. The Morgan fingerprint density at radius 3 is 2.40 bits per heavy atom. The van der Waals surface area contributed by atoms with E-state index in [0.29, 0.717) is 18.8 Å². The number of methoxy groups -OCH3 is 1. The van der Waals surface area contributed by atoms with Crippen LogP contribution in [0.4, 0.5) is 5.69 Å². The number of anilines is 1. The van der Waals surface area contributed by atoms with Crippen molar-refractivity contribution >= 4 is 11.7 Å². The Labute approximate surface area is 117 Å². The summed E-state index contributed by atoms with van der Waals surface area (Å²) < 4.78 is 9.69. The average Bonchev–Trinajstić information content (AvgIpc) is 2.53. The third-order valence-electron chi connectivity index (χ3n) is 3.35. The van der Waals surface area contributed by atoms with Gasteiger partial charge in [0.15, 0.2) is 6.10 Å². The molecule has 1 aliphatic rings. The van der Waals surface area contributed by atoms with Gasteiger partial charge < -0.3 is 24.6 Å². The van der Waals surface area contributed by atoms with E-state index in [9.17, 15) is 15.0 Å². The second-order valence-electron chi connectivity index (χ2n) is 4.60. The molecular weight excluding hydrogens is 262 g/mol. The Morgan fingerprint density at radius 1 is 1.25 bits per heavy atom. The highest BCUT2D eigenvalue weighted by molar-refractivity contribution is 5.75. The van der Waals surface area contributed by atoms with E-state index in [-0.39, 0.29) is 0 Å². The number of carbonyl (C=O) groups is 1. The number of aliphatic hydroxyl groups excluding tert-OH is 2. The van der Waals surface area contributed by atoms with E-state index in [0.717, 1.165) is 18.8 Å². The van der Waals surface area contributed by atoms with Gasteiger partial charge in [0.05, 0.1) is 20.3 Å². The number of nitrogens with zero attached hydrogens (tertiary/aromatic N) is 1. The van der Waals surface area contributed by atoms with E-state index in [4.69, 9.17) is 4.74 Å². The Kier molecular flexibility index (Phi) is 4.94. The number of esters is 1. The van der Waals surface area contributed by atoms with Crippen LogP contribution < -0.4 is 4.90 Å². The number of morpholine rings is 1. The van der Waals surface area contributed by atoms with Gasteiger partial charge in [0.1, 0.15) is 6.10 Å². The van der Waals surface area contributed by atoms with Gasteiger partial charge in [0.25, 0.3) is 0 Å². The fourth-order valence-corrected chi connectivity index (χ4v) is 2.14. The molecule has 20 heavy (non-hydrogen) atoms. The van der Waals surface area contributed by atoms with Crippen molar-refractivity contribution in [1.29, 1.82) is 0 Å². The molecule has 2 rings (SSSR count). The molecule has 1 saturated heterocycles. The van der Waals surface area contributed by atoms with E-state index >= 15 is 0 Å². The van der Waals surface area contributed by atoms with Crippen LogP contribution in [0.5, 0.6) is 0 Å². The molecule has 1 heterocycles. The lowest BCUT2D eigenvalue weighted by atomic mass is 10.0. The molecule has 0 aromatic heterocycles. The summed E-state index contributed by atoms with van der Waals surface area (Å²) in [6, 6.07) is 7.10. The van der Waals surface area contributed by atoms with Crippen LogP contribution >= 0.6 is 0 Å². The quantitative estimate of drug-likeness (QED) is 0.762. The Bertz CT molecular complexity index is 441. The lowest BCUT2D eigenvalue weighted by Gasteiger charge is -2.29. The first-order valence-electron chi connectivity index (χ1n) is 6.50. The minimum absolute atomic E-state index is 0.472. The first-order valence-corrected chi connectivity index (χ1v) is 6.50. The fraction of sp³-hybridized carbons (Fsp3) is 0.500. The maximum absolute atomic E-state index is 11.2. The summed E-state index contributed by atoms with van der Waals surface area (Å²) in [5, 5.41) is 19.5. The second-order valence-corrected chi connectivity index (χ2v) is 4.60. The largest absolute Gasteiger partial charge is 0.467 e. The normalized spacial score (nSPS) is 18.4. The standard InChI is InChI=1S/C14H19NO5/c1-19-14(18)13(17)12(16)10-2-4-11(5-3-10)15-6-8-20-9-7-15/h2-5,12-13,16-17H,6-9H2,1H3. The molecule has 6 heteroatoms. The summed E-state index contributed by atoms with van der Waals surface area (Å²) in [6.07, 6.45) is -2.87. The zero-order chi connectivity index (χ0) is 14.5. The van der Waals surface area contributed by atoms with Crippen LogP contribution in [-0.4, -0.2) is 55.7 Å². The van der Waals surface area contributed by atoms with Crippen molar-refractivity contribution in [3.63, 3.8) is 0 Å². The van der Waals surface area contributed by atoms with Crippen LogP contribution in [0.15, 0.2) is 24.3 Å². The van der Waals surface area contributed by atoms with Crippen molar-refractivity contribution < 1.29 is 24.5 Å². The molecule has 0 aliphatic carbocycles. The Morgan fingerprint density at radius 2 is 1.85 bits per heavy atom. The van der Waals surface area contributed by atoms with Crippen LogP contribution in [0.25, 0.3) is 0 Å². The summed E-state index contributed by atoms with van der Waals surface area (Å²) in [4.78, 5) is 13.4. The van der Waals surface area contributed by atoms with Gasteiger partial charge in [-0.05, 0) is 17.7 Å². The van der Waals surface area contributed by atoms with Gasteiger partial charge in [-0.15, -0.1) is 0 Å². The zero-order valence-electron chi connectivity index (χ0n) is 11.4. The summed E-state index contributed by atoms with van der Waals surface area (Å²) in [7, 11) is 1.17. The molecule has 6 nitrogen and oxygen atoms in total. The molecule has 0 bridgehead atoms. The van der Waals surface area contributed by atoms with Crippen molar-refractivity contribution in [2.45, 2.75) is 12.2 Å². The molecule has 1 aromatic carbocycles. The SMILES string of the molecule is COC(=O)C(O)C(O)c1ccc(N2CCOCC2)cc1. The third-order valence-corrected chi connectivity index (χ3v) is 3.35. The number of aliphatic hydroxyl groups is 2. The fourth-order valence-electron chi connectivity index (χ4n) is 2.14. The predicted octanol–water partition coefficient (Wildman–Crippen LogP) is 0.0905. The summed E-state index contributed by atoms with van der Waals surface area (Å²) in [5.74, 6) is -0.852. The Balaban J connectivity index is 2.05. The van der Waals surface area contributed by atoms with Gasteiger partial charge in [0, 0.05) is 18.8 Å². The maximum Gasteiger partial charge on any atom is 0.337 e. The van der Waals surface area contributed by atoms with Gasteiger partial charge in [-0.1, -0.05) is 12.1 Å². The number of benzene rings is 1. The molecule has 1 fully saturated rings. The van der Waals surface area contributed by atoms with E-state index in [2.05, 4.69) is 9.64 Å². The van der Waals surface area contributed by atoms with Crippen LogP contribution in [0.2, 0.25) is 0 Å². The molecule has 0 saturated carbocycles. The number of ether oxygens (including phenoxy) is 2. The molecule has 0 amide bonds. The molecule has 2 unspecified atom stereocenters. The first-order chi connectivity index (χ1) is 9.63. The van der Waals surface area contributed by atoms with E-state index < -0.39 is 18.2 Å². The molecule has 2 atom stereocenters. The molecule has 0 radical (unpaired) electrons. The van der Waals surface area contributed by atoms with Crippen molar-refractivity contribution in [1.82, 2.24) is 0 Å². The number of carbonyl (C=O) groups excluding carboxylic acids is 1. The van der Waals surface area contributed by atoms with Crippen LogP contribution in [0, 0.1) is 0 Å². The van der Waals surface area contributed by atoms with Crippen molar-refractivity contribution in [2.24, 2.45) is 0 Å². The van der Waals surface area contributed by atoms with Gasteiger partial charge in [-0.3, -0.25) is 0 Å². The number of hydrogen-bond acceptors (Lipinski definition) is 6. The van der Waals surface area contributed by atoms with E-state index in [1.807, 2.05) is 12.1 Å². The van der Waals surface area contributed by atoms with E-state index in [1.54, 1.807) is 12.1 Å². The van der Waals surface area contributed by atoms with Gasteiger partial charge in [0.2, 0.25) is 0 Å². The first kappa shape index (κ1) is 14.8. The summed E-state index contributed by atoms with van der Waals surface area (Å²) in [5.41, 5.74) is 1.50. The minimum Gasteiger partial charge on any atom is -0.467 e. The molecular formula is C14H19NO5. The van der Waals surface area contributed by atoms with E-state index in [1.165, 1.54) is 7.11 Å². The molecule has 1 aliphatic heterocycles. The van der Waals surface area contributed by atoms with Crippen molar-refractivity contribution in [3.05, 3.63) is 29.8 Å². The molecule has 0 spiro atoms. The lowest BCUT2D eigenvalue weighted by molar-refractivity contribution is -0.156. The number of rotatable bonds is 4. The van der Waals surface area contributed by atoms with Gasteiger partial charge >= 0.3 is 5.97 Å². The molecule has 1 aromatic rings. The van der Waals surface area contributed by atoms with Crippen LogP contribution in [0.3, 0.4) is 0 Å². The molecule has 2 N–H and O–H groups in total. The monoisotopic (exact) mass is 281 g/mol. The molecule has 110 valence electrons. The smallest absolute Gasteiger partial charge is 0.337 e. The third kappa shape index (κ3) is 3.27. The Hall–Kier alpha value is -1.63. The zero-order valence-corrected chi connectivity index (χ0v) is 11.4. The summed E-state index contributed by atoms with van der Waals surface area (Å²) in [6.45, 7) is 3.05. The topological polar surface area (TPSA) is 79.2 Å². The lowest BCUT2D eigenvalue weighted by Crippen LogP contribution is -2.36. The average molecular weight is 281 g/mol. The highest BCUT2D eigenvalue weighted by atomic mass is 16.5. The van der Waals surface area contributed by atoms with Crippen molar-refractivity contribution in [3.8, 4) is 0 Å². The van der Waals surface area contributed by atoms with Crippen LogP contribution in [-0.2, 0) is 14.3 Å². The maximum atomic E-state index is 11.2. The second kappa shape index (κ2) is 6.69. The summed E-state index contributed by atoms with van der Waals surface area (Å²) >= 11 is 0. The minimum atomic E-state index is -1.57. The van der Waals surface area contributed by atoms with Gasteiger partial charge in [-0.2, -0.15) is 0 Å². The number of hydrogen-bond donors (Lipinski definition) is 2. The van der Waals surface area contributed by atoms with Crippen LogP contribution in [0.1, 0.15) is 11.7 Å². The highest BCUT2D eigenvalue weighted by Crippen LogP contribution is 2.22. The predicted molar refractivity (Wildman–Crippen MR) is 72.5 cm³/mol. The van der Waals surface area contributed by atoms with Gasteiger partial charge in [-0.25, -0.2) is 4.79 Å².